The number of hydrogen-bond donors (Lipinski definition) is 0. The normalized spacial score (nSPS) is 18.5. The van der Waals surface area contributed by atoms with Crippen LogP contribution < -0.4 is 5.56 Å². The molecule has 2 aliphatic rings. The Bertz CT molecular complexity index is 602. The Morgan fingerprint density at radius 2 is 2.14 bits per heavy atom. The van der Waals surface area contributed by atoms with Crippen LogP contribution in [0.15, 0.2) is 11.1 Å². The Hall–Kier alpha value is -1.65. The van der Waals surface area contributed by atoms with Gasteiger partial charge in [-0.15, -0.1) is 0 Å². The van der Waals surface area contributed by atoms with Gasteiger partial charge in [0.15, 0.2) is 0 Å². The van der Waals surface area contributed by atoms with Crippen molar-refractivity contribution in [2.75, 3.05) is 6.54 Å². The van der Waals surface area contributed by atoms with Crippen molar-refractivity contribution in [2.45, 2.75) is 65.0 Å². The van der Waals surface area contributed by atoms with Crippen LogP contribution in [-0.2, 0) is 24.3 Å². The number of hydrogen-bond acceptors (Lipinski definition) is 3. The SMILES string of the molecule is CC(=O)N1CCc2c(ncn(CCCC3CCCC3)c2=O)C1. The highest BCUT2D eigenvalue weighted by Gasteiger charge is 2.22. The molecule has 0 aromatic carbocycles. The fourth-order valence-corrected chi connectivity index (χ4v) is 3.74. The summed E-state index contributed by atoms with van der Waals surface area (Å²) in [5, 5.41) is 0. The van der Waals surface area contributed by atoms with E-state index < -0.39 is 0 Å². The van der Waals surface area contributed by atoms with Crippen LogP contribution in [0.3, 0.4) is 0 Å². The molecule has 1 aromatic heterocycles. The number of rotatable bonds is 4. The Morgan fingerprint density at radius 1 is 1.36 bits per heavy atom. The molecule has 120 valence electrons. The first-order valence-corrected chi connectivity index (χ1v) is 8.48. The molecule has 0 atom stereocenters. The summed E-state index contributed by atoms with van der Waals surface area (Å²) in [4.78, 5) is 30.2. The molecule has 1 aliphatic heterocycles. The molecular formula is C17H25N3O2. The second kappa shape index (κ2) is 6.63. The predicted octanol–water partition coefficient (Wildman–Crippen LogP) is 2.12. The third kappa shape index (κ3) is 3.23. The second-order valence-corrected chi connectivity index (χ2v) is 6.65. The Morgan fingerprint density at radius 3 is 2.86 bits per heavy atom. The third-order valence-corrected chi connectivity index (χ3v) is 5.12. The average molecular weight is 303 g/mol. The van der Waals surface area contributed by atoms with Gasteiger partial charge in [0.25, 0.3) is 5.56 Å². The minimum Gasteiger partial charge on any atom is -0.337 e. The lowest BCUT2D eigenvalue weighted by Gasteiger charge is -2.27. The molecule has 2 heterocycles. The summed E-state index contributed by atoms with van der Waals surface area (Å²) < 4.78 is 1.76. The van der Waals surface area contributed by atoms with Crippen LogP contribution in [0.4, 0.5) is 0 Å². The number of amides is 1. The zero-order valence-corrected chi connectivity index (χ0v) is 13.4. The van der Waals surface area contributed by atoms with Crippen molar-refractivity contribution in [3.63, 3.8) is 0 Å². The van der Waals surface area contributed by atoms with Gasteiger partial charge in [-0.25, -0.2) is 4.98 Å². The van der Waals surface area contributed by atoms with Crippen LogP contribution in [0.5, 0.6) is 0 Å². The van der Waals surface area contributed by atoms with Crippen molar-refractivity contribution in [1.82, 2.24) is 14.5 Å². The number of carbonyl (C=O) groups excluding carboxylic acids is 1. The van der Waals surface area contributed by atoms with E-state index in [2.05, 4.69) is 4.98 Å². The van der Waals surface area contributed by atoms with E-state index in [0.29, 0.717) is 19.5 Å². The molecular weight excluding hydrogens is 278 g/mol. The van der Waals surface area contributed by atoms with Crippen molar-refractivity contribution >= 4 is 5.91 Å². The number of nitrogens with zero attached hydrogens (tertiary/aromatic N) is 3. The summed E-state index contributed by atoms with van der Waals surface area (Å²) in [7, 11) is 0. The maximum Gasteiger partial charge on any atom is 0.256 e. The Balaban J connectivity index is 1.64. The first-order chi connectivity index (χ1) is 10.6. The monoisotopic (exact) mass is 303 g/mol. The van der Waals surface area contributed by atoms with E-state index in [-0.39, 0.29) is 11.5 Å². The van der Waals surface area contributed by atoms with Crippen molar-refractivity contribution in [3.8, 4) is 0 Å². The Kier molecular flexibility index (Phi) is 4.60. The highest BCUT2D eigenvalue weighted by molar-refractivity contribution is 5.73. The van der Waals surface area contributed by atoms with Crippen LogP contribution in [0, 0.1) is 5.92 Å². The van der Waals surface area contributed by atoms with Gasteiger partial charge in [0.1, 0.15) is 0 Å². The van der Waals surface area contributed by atoms with Crippen LogP contribution >= 0.6 is 0 Å². The van der Waals surface area contributed by atoms with E-state index >= 15 is 0 Å². The molecule has 1 aromatic rings. The second-order valence-electron chi connectivity index (χ2n) is 6.65. The summed E-state index contributed by atoms with van der Waals surface area (Å²) in [6.45, 7) is 3.44. The van der Waals surface area contributed by atoms with Crippen molar-refractivity contribution in [1.29, 1.82) is 0 Å². The largest absolute Gasteiger partial charge is 0.337 e. The fourth-order valence-electron chi connectivity index (χ4n) is 3.74. The van der Waals surface area contributed by atoms with Crippen molar-refractivity contribution < 1.29 is 4.79 Å². The quantitative estimate of drug-likeness (QED) is 0.856. The Labute approximate surface area is 131 Å². The smallest absolute Gasteiger partial charge is 0.256 e. The summed E-state index contributed by atoms with van der Waals surface area (Å²) in [5.41, 5.74) is 1.68. The molecule has 0 radical (unpaired) electrons. The van der Waals surface area contributed by atoms with Gasteiger partial charge in [-0.1, -0.05) is 25.7 Å². The summed E-state index contributed by atoms with van der Waals surface area (Å²) in [6, 6.07) is 0. The maximum atomic E-state index is 12.5. The standard InChI is InChI=1S/C17H25N3O2/c1-13(21)19-10-8-15-16(11-19)18-12-20(17(15)22)9-4-7-14-5-2-3-6-14/h12,14H,2-11H2,1H3. The summed E-state index contributed by atoms with van der Waals surface area (Å²) in [5.74, 6) is 0.915. The first kappa shape index (κ1) is 15.3. The molecule has 0 saturated heterocycles. The van der Waals surface area contributed by atoms with Gasteiger partial charge < -0.3 is 4.90 Å². The van der Waals surface area contributed by atoms with Gasteiger partial charge in [-0.2, -0.15) is 0 Å². The topological polar surface area (TPSA) is 55.2 Å². The zero-order chi connectivity index (χ0) is 15.5. The van der Waals surface area contributed by atoms with E-state index in [1.165, 1.54) is 32.1 Å². The van der Waals surface area contributed by atoms with Crippen molar-refractivity contribution in [2.24, 2.45) is 5.92 Å². The van der Waals surface area contributed by atoms with E-state index in [9.17, 15) is 9.59 Å². The molecule has 1 fully saturated rings. The minimum absolute atomic E-state index is 0.0493. The van der Waals surface area contributed by atoms with E-state index in [1.54, 1.807) is 22.7 Å². The zero-order valence-electron chi connectivity index (χ0n) is 13.4. The molecule has 5 nitrogen and oxygen atoms in total. The predicted molar refractivity (Wildman–Crippen MR) is 84.5 cm³/mol. The van der Waals surface area contributed by atoms with Crippen LogP contribution in [0.1, 0.15) is 56.7 Å². The lowest BCUT2D eigenvalue weighted by molar-refractivity contribution is -0.129. The molecule has 5 heteroatoms. The molecule has 0 bridgehead atoms. The molecule has 1 saturated carbocycles. The number of aryl methyl sites for hydroxylation is 1. The van der Waals surface area contributed by atoms with Crippen LogP contribution in [-0.4, -0.2) is 26.9 Å². The van der Waals surface area contributed by atoms with Gasteiger partial charge in [-0.05, 0) is 25.2 Å². The molecule has 22 heavy (non-hydrogen) atoms. The van der Waals surface area contributed by atoms with Gasteiger partial charge >= 0.3 is 0 Å². The van der Waals surface area contributed by atoms with Crippen molar-refractivity contribution in [3.05, 3.63) is 27.9 Å². The lowest BCUT2D eigenvalue weighted by Crippen LogP contribution is -2.39. The molecule has 1 aliphatic carbocycles. The highest BCUT2D eigenvalue weighted by atomic mass is 16.2. The minimum atomic E-state index is 0.0493. The first-order valence-electron chi connectivity index (χ1n) is 8.48. The van der Waals surface area contributed by atoms with Crippen LogP contribution in [0.25, 0.3) is 0 Å². The summed E-state index contributed by atoms with van der Waals surface area (Å²) in [6.07, 6.45) is 10.0. The summed E-state index contributed by atoms with van der Waals surface area (Å²) >= 11 is 0. The molecule has 0 unspecified atom stereocenters. The molecule has 1 amide bonds. The van der Waals surface area contributed by atoms with Gasteiger partial charge in [0, 0.05) is 25.6 Å². The molecule has 0 N–H and O–H groups in total. The molecule has 0 spiro atoms. The lowest BCUT2D eigenvalue weighted by atomic mass is 10.0. The van der Waals surface area contributed by atoms with Gasteiger partial charge in [0.05, 0.1) is 18.6 Å². The van der Waals surface area contributed by atoms with Gasteiger partial charge in [0.2, 0.25) is 5.91 Å². The van der Waals surface area contributed by atoms with Gasteiger partial charge in [-0.3, -0.25) is 14.2 Å². The van der Waals surface area contributed by atoms with E-state index in [4.69, 9.17) is 0 Å². The maximum absolute atomic E-state index is 12.5. The van der Waals surface area contributed by atoms with Crippen LogP contribution in [0.2, 0.25) is 0 Å². The number of carbonyl (C=O) groups is 1. The number of fused-ring (bicyclic) bond motifs is 1. The third-order valence-electron chi connectivity index (χ3n) is 5.12. The average Bonchev–Trinajstić information content (AvgIpc) is 3.02. The molecule has 3 rings (SSSR count). The van der Waals surface area contributed by atoms with E-state index in [0.717, 1.165) is 30.1 Å². The number of aromatic nitrogens is 2. The highest BCUT2D eigenvalue weighted by Crippen LogP contribution is 2.28. The fraction of sp³-hybridized carbons (Fsp3) is 0.706. The van der Waals surface area contributed by atoms with E-state index in [1.807, 2.05) is 0 Å².